The number of fused-ring (bicyclic) bond motifs is 3. The van der Waals surface area contributed by atoms with E-state index < -0.39 is 0 Å². The first-order chi connectivity index (χ1) is 12.1. The smallest absolute Gasteiger partial charge is 0.313 e. The Hall–Kier alpha value is -2.65. The molecule has 0 N–H and O–H groups in total. The quantitative estimate of drug-likeness (QED) is 0.247. The Morgan fingerprint density at radius 2 is 1.32 bits per heavy atom. The molecule has 0 fully saturated rings. The summed E-state index contributed by atoms with van der Waals surface area (Å²) in [6, 6.07) is 25.1. The Morgan fingerprint density at radius 1 is 0.800 bits per heavy atom. The number of esters is 1. The van der Waals surface area contributed by atoms with E-state index in [1.807, 2.05) is 26.0 Å². The first-order valence-corrected chi connectivity index (χ1v) is 9.62. The zero-order valence-electron chi connectivity index (χ0n) is 14.2. The van der Waals surface area contributed by atoms with Crippen LogP contribution in [0.3, 0.4) is 0 Å². The third kappa shape index (κ3) is 2.81. The maximum absolute atomic E-state index is 11.8. The topological polar surface area (TPSA) is 26.3 Å². The Balaban J connectivity index is 1.83. The number of rotatable bonds is 3. The molecule has 3 aromatic carbocycles. The van der Waals surface area contributed by atoms with E-state index in [0.29, 0.717) is 5.75 Å². The lowest BCUT2D eigenvalue weighted by Gasteiger charge is -2.06. The largest absolute Gasteiger partial charge is 0.426 e. The summed E-state index contributed by atoms with van der Waals surface area (Å²) in [5.74, 6) is 0.272. The van der Waals surface area contributed by atoms with E-state index in [1.54, 1.807) is 0 Å². The van der Waals surface area contributed by atoms with Crippen LogP contribution in [0.5, 0.6) is 5.75 Å². The Labute approximate surface area is 149 Å². The van der Waals surface area contributed by atoms with E-state index in [4.69, 9.17) is 4.74 Å². The summed E-state index contributed by atoms with van der Waals surface area (Å²) in [6.07, 6.45) is 0. The van der Waals surface area contributed by atoms with Gasteiger partial charge in [0.1, 0.15) is 5.75 Å². The van der Waals surface area contributed by atoms with Gasteiger partial charge in [-0.2, -0.15) is 0 Å². The molecule has 3 heteroatoms. The second kappa shape index (κ2) is 6.34. The van der Waals surface area contributed by atoms with Crippen LogP contribution in [0.2, 0.25) is 0 Å². The first kappa shape index (κ1) is 15.9. The number of hydrogen-bond donors (Lipinski definition) is 0. The number of thiophene rings is 1. The van der Waals surface area contributed by atoms with Gasteiger partial charge < -0.3 is 4.74 Å². The van der Waals surface area contributed by atoms with Crippen LogP contribution < -0.4 is 4.74 Å². The maximum atomic E-state index is 11.8. The standard InChI is InChI=1S/C22H19O2S/c1-15(2)22(23)24-16-11-13-17(14-12-16)25-20-9-5-3-7-18(20)19-8-4-6-10-21(19)25/h3-15H,1-2H3/q+1. The molecule has 0 aliphatic heterocycles. The van der Waals surface area contributed by atoms with Crippen molar-refractivity contribution in [2.45, 2.75) is 13.8 Å². The van der Waals surface area contributed by atoms with Gasteiger partial charge >= 0.3 is 5.97 Å². The molecule has 4 aromatic rings. The fourth-order valence-corrected chi connectivity index (χ4v) is 5.36. The molecular weight excluding hydrogens is 328 g/mol. The normalized spacial score (nSPS) is 11.3. The van der Waals surface area contributed by atoms with Gasteiger partial charge in [-0.3, -0.25) is 4.79 Å². The van der Waals surface area contributed by atoms with Crippen molar-refractivity contribution in [2.75, 3.05) is 0 Å². The van der Waals surface area contributed by atoms with E-state index in [2.05, 4.69) is 60.7 Å². The summed E-state index contributed by atoms with van der Waals surface area (Å²) in [6.45, 7) is 3.68. The van der Waals surface area contributed by atoms with Crippen LogP contribution in [0.1, 0.15) is 13.8 Å². The van der Waals surface area contributed by atoms with Gasteiger partial charge in [-0.1, -0.05) is 38.1 Å². The molecule has 0 aliphatic carbocycles. The van der Waals surface area contributed by atoms with Crippen molar-refractivity contribution in [2.24, 2.45) is 5.92 Å². The monoisotopic (exact) mass is 347 g/mol. The van der Waals surface area contributed by atoms with E-state index in [0.717, 1.165) is 0 Å². The van der Waals surface area contributed by atoms with Gasteiger partial charge in [-0.05, 0) is 36.4 Å². The highest BCUT2D eigenvalue weighted by atomic mass is 32.2. The average molecular weight is 347 g/mol. The molecule has 0 atom stereocenters. The number of hydrogen-bond acceptors (Lipinski definition) is 2. The Kier molecular flexibility index (Phi) is 4.02. The third-order valence-corrected chi connectivity index (χ3v) is 6.59. The summed E-state index contributed by atoms with van der Waals surface area (Å²) >= 11 is 0. The van der Waals surface area contributed by atoms with Crippen molar-refractivity contribution in [3.05, 3.63) is 72.8 Å². The predicted octanol–water partition coefficient (Wildman–Crippen LogP) is 6.29. The van der Waals surface area contributed by atoms with Gasteiger partial charge in [-0.25, -0.2) is 0 Å². The molecule has 0 saturated carbocycles. The molecule has 0 amide bonds. The molecule has 4 rings (SSSR count). The average Bonchev–Trinajstić information content (AvgIpc) is 2.97. The SMILES string of the molecule is CC(C)C(=O)Oc1ccc(-[s+]2c3ccccc3c3ccccc32)cc1. The molecule has 1 heterocycles. The lowest BCUT2D eigenvalue weighted by atomic mass is 10.2. The van der Waals surface area contributed by atoms with Gasteiger partial charge in [-0.15, -0.1) is 0 Å². The fourth-order valence-electron chi connectivity index (χ4n) is 2.98. The lowest BCUT2D eigenvalue weighted by molar-refractivity contribution is -0.137. The van der Waals surface area contributed by atoms with Crippen molar-refractivity contribution >= 4 is 36.6 Å². The third-order valence-electron chi connectivity index (χ3n) is 4.25. The highest BCUT2D eigenvalue weighted by Gasteiger charge is 2.23. The number of ether oxygens (including phenoxy) is 1. The second-order valence-electron chi connectivity index (χ2n) is 6.35. The van der Waals surface area contributed by atoms with E-state index in [1.165, 1.54) is 25.1 Å². The zero-order valence-corrected chi connectivity index (χ0v) is 15.0. The molecule has 0 bridgehead atoms. The van der Waals surface area contributed by atoms with Crippen LogP contribution in [0.4, 0.5) is 0 Å². The molecule has 0 saturated heterocycles. The first-order valence-electron chi connectivity index (χ1n) is 8.39. The van der Waals surface area contributed by atoms with Gasteiger partial charge in [0.05, 0.1) is 5.92 Å². The molecule has 124 valence electrons. The van der Waals surface area contributed by atoms with Crippen molar-refractivity contribution < 1.29 is 9.53 Å². The maximum Gasteiger partial charge on any atom is 0.313 e. The second-order valence-corrected chi connectivity index (χ2v) is 8.31. The molecule has 0 radical (unpaired) electrons. The minimum Gasteiger partial charge on any atom is -0.426 e. The van der Waals surface area contributed by atoms with Gasteiger partial charge in [0.25, 0.3) is 0 Å². The van der Waals surface area contributed by atoms with Crippen LogP contribution in [0.15, 0.2) is 72.8 Å². The molecule has 0 unspecified atom stereocenters. The minimum atomic E-state index is -0.202. The summed E-state index contributed by atoms with van der Waals surface area (Å²) < 4.78 is 8.11. The zero-order chi connectivity index (χ0) is 17.4. The summed E-state index contributed by atoms with van der Waals surface area (Å²) in [5.41, 5.74) is 0. The molecule has 1 aromatic heterocycles. The van der Waals surface area contributed by atoms with E-state index >= 15 is 0 Å². The van der Waals surface area contributed by atoms with Gasteiger partial charge in [0.15, 0.2) is 14.3 Å². The van der Waals surface area contributed by atoms with Gasteiger partial charge in [0.2, 0.25) is 0 Å². The van der Waals surface area contributed by atoms with Crippen molar-refractivity contribution in [1.29, 1.82) is 0 Å². The summed E-state index contributed by atoms with van der Waals surface area (Å²) in [4.78, 5) is 13.0. The Morgan fingerprint density at radius 3 is 1.84 bits per heavy atom. The van der Waals surface area contributed by atoms with Crippen LogP contribution in [0.25, 0.3) is 25.1 Å². The van der Waals surface area contributed by atoms with Crippen molar-refractivity contribution in [3.63, 3.8) is 0 Å². The van der Waals surface area contributed by atoms with Crippen LogP contribution in [0, 0.1) is 5.92 Å². The predicted molar refractivity (Wildman–Crippen MR) is 106 cm³/mol. The molecule has 0 aliphatic rings. The number of carbonyl (C=O) groups is 1. The minimum absolute atomic E-state index is 0.111. The van der Waals surface area contributed by atoms with E-state index in [-0.39, 0.29) is 22.4 Å². The van der Waals surface area contributed by atoms with Gasteiger partial charge in [0, 0.05) is 33.4 Å². The highest BCUT2D eigenvalue weighted by Crippen LogP contribution is 2.48. The van der Waals surface area contributed by atoms with Crippen LogP contribution in [-0.4, -0.2) is 5.97 Å². The highest BCUT2D eigenvalue weighted by molar-refractivity contribution is 7.50. The summed E-state index contributed by atoms with van der Waals surface area (Å²) in [7, 11) is -0.111. The van der Waals surface area contributed by atoms with Crippen LogP contribution >= 0.6 is 10.5 Å². The summed E-state index contributed by atoms with van der Waals surface area (Å²) in [5, 5.41) is 2.63. The molecule has 2 nitrogen and oxygen atoms in total. The van der Waals surface area contributed by atoms with Crippen molar-refractivity contribution in [1.82, 2.24) is 0 Å². The molecular formula is C22H19O2S+. The Bertz CT molecular complexity index is 1010. The molecule has 0 spiro atoms. The molecule has 25 heavy (non-hydrogen) atoms. The lowest BCUT2D eigenvalue weighted by Crippen LogP contribution is -2.14. The van der Waals surface area contributed by atoms with E-state index in [9.17, 15) is 4.79 Å². The number of benzene rings is 3. The van der Waals surface area contributed by atoms with Crippen LogP contribution in [-0.2, 0) is 4.79 Å². The van der Waals surface area contributed by atoms with Crippen molar-refractivity contribution in [3.8, 4) is 10.6 Å². The number of carbonyl (C=O) groups excluding carboxylic acids is 1. The fraction of sp³-hybridized carbons (Fsp3) is 0.136.